The fraction of sp³-hybridized carbons (Fsp3) is 0.250. The van der Waals surface area contributed by atoms with Crippen molar-refractivity contribution in [3.63, 3.8) is 0 Å². The summed E-state index contributed by atoms with van der Waals surface area (Å²) in [4.78, 5) is 51.3. The fourth-order valence-electron chi connectivity index (χ4n) is 2.34. The number of hydrogen-bond acceptors (Lipinski definition) is 6. The van der Waals surface area contributed by atoms with E-state index in [0.29, 0.717) is 17.1 Å². The van der Waals surface area contributed by atoms with Crippen LogP contribution >= 0.6 is 11.8 Å². The molecule has 0 amide bonds. The van der Waals surface area contributed by atoms with Gasteiger partial charge in [-0.25, -0.2) is 37.9 Å². The Kier molecular flexibility index (Phi) is 6.43. The number of imidazole rings is 1. The smallest absolute Gasteiger partial charge is 0.335 e. The summed E-state index contributed by atoms with van der Waals surface area (Å²) in [5.74, 6) is 0.275. The average molecular weight is 422 g/mol. The molecule has 3 rings (SSSR count). The number of rotatable bonds is 3. The summed E-state index contributed by atoms with van der Waals surface area (Å²) in [6.07, 6.45) is 0. The van der Waals surface area contributed by atoms with Gasteiger partial charge in [0.2, 0.25) is 0 Å². The molecule has 0 fully saturated rings. The summed E-state index contributed by atoms with van der Waals surface area (Å²) in [5.41, 5.74) is 5.15. The monoisotopic (exact) mass is 422 g/mol. The molecule has 0 atom stereocenters. The summed E-state index contributed by atoms with van der Waals surface area (Å²) in [6.45, 7) is 0. The number of carboxylic acid groups (broad SMARTS) is 1. The van der Waals surface area contributed by atoms with E-state index in [2.05, 4.69) is 9.97 Å². The number of hydrogen-bond donors (Lipinski definition) is 4. The van der Waals surface area contributed by atoms with Gasteiger partial charge in [0.25, 0.3) is 5.17 Å². The highest BCUT2D eigenvalue weighted by Gasteiger charge is 2.08. The Hall–Kier alpha value is -3.61. The molecule has 154 valence electrons. The molecule has 2 aromatic heterocycles. The van der Waals surface area contributed by atoms with Gasteiger partial charge in [0.05, 0.1) is 22.3 Å². The van der Waals surface area contributed by atoms with E-state index in [1.807, 2.05) is 0 Å². The topological polar surface area (TPSA) is 184 Å². The highest BCUT2D eigenvalue weighted by molar-refractivity contribution is 8.12. The van der Waals surface area contributed by atoms with Gasteiger partial charge in [-0.05, 0) is 30.0 Å². The Bertz CT molecular complexity index is 1170. The van der Waals surface area contributed by atoms with E-state index in [-0.39, 0.29) is 10.7 Å². The molecule has 29 heavy (non-hydrogen) atoms. The maximum atomic E-state index is 11.1. The number of H-pyrrole nitrogens is 1. The van der Waals surface area contributed by atoms with Gasteiger partial charge in [-0.3, -0.25) is 11.1 Å². The number of aromatic amines is 1. The summed E-state index contributed by atoms with van der Waals surface area (Å²) in [7, 11) is 3.97. The summed E-state index contributed by atoms with van der Waals surface area (Å²) in [6, 6.07) is 4.74. The van der Waals surface area contributed by atoms with Crippen LogP contribution in [0.5, 0.6) is 0 Å². The summed E-state index contributed by atoms with van der Waals surface area (Å²) in [5, 5.41) is 14.5. The van der Waals surface area contributed by atoms with Crippen LogP contribution in [0.2, 0.25) is 0 Å². The van der Waals surface area contributed by atoms with Crippen molar-refractivity contribution in [2.45, 2.75) is 5.75 Å². The molecule has 0 aliphatic rings. The minimum Gasteiger partial charge on any atom is -0.478 e. The van der Waals surface area contributed by atoms with Crippen molar-refractivity contribution in [2.24, 2.45) is 26.9 Å². The zero-order valence-electron chi connectivity index (χ0n) is 15.9. The Labute approximate surface area is 167 Å². The number of carboxylic acids is 1. The lowest BCUT2D eigenvalue weighted by atomic mass is 10.2. The third-order valence-electron chi connectivity index (χ3n) is 3.88. The molecular formula is C16H20N7O5S+. The average Bonchev–Trinajstić information content (AvgIpc) is 3.10. The molecule has 0 saturated heterocycles. The predicted octanol–water partition coefficient (Wildman–Crippen LogP) is -2.65. The first-order valence-electron chi connectivity index (χ1n) is 8.08. The maximum absolute atomic E-state index is 11.1. The normalized spacial score (nSPS) is 10.4. The van der Waals surface area contributed by atoms with Crippen LogP contribution < -0.4 is 28.2 Å². The maximum Gasteiger partial charge on any atom is 0.335 e. The first-order valence-corrected chi connectivity index (χ1v) is 9.07. The van der Waals surface area contributed by atoms with E-state index < -0.39 is 23.0 Å². The molecule has 0 aliphatic heterocycles. The zero-order chi connectivity index (χ0) is 21.9. The first kappa shape index (κ1) is 21.7. The number of thioether (sulfide) groups is 1. The molecule has 1 aromatic carbocycles. The van der Waals surface area contributed by atoms with E-state index in [4.69, 9.17) is 16.2 Å². The number of carbonyl (C=O) groups is 1. The molecular weight excluding hydrogens is 402 g/mol. The SMILES string of the molecule is Cn1c(=O)n(C)c(=O)n(C)c1=O.NC(=[NH2+])SCc1nc2ccc(C(=O)O)cc2[nH]1. The van der Waals surface area contributed by atoms with Crippen molar-refractivity contribution in [3.05, 3.63) is 61.0 Å². The first-order chi connectivity index (χ1) is 13.5. The second kappa shape index (κ2) is 8.60. The number of aromatic nitrogens is 5. The van der Waals surface area contributed by atoms with Gasteiger partial charge < -0.3 is 10.1 Å². The lowest BCUT2D eigenvalue weighted by Crippen LogP contribution is -2.51. The second-order valence-electron chi connectivity index (χ2n) is 5.94. The minimum absolute atomic E-state index is 0.227. The number of fused-ring (bicyclic) bond motifs is 1. The zero-order valence-corrected chi connectivity index (χ0v) is 16.7. The minimum atomic E-state index is -0.961. The lowest BCUT2D eigenvalue weighted by molar-refractivity contribution is -0.110. The van der Waals surface area contributed by atoms with Gasteiger partial charge in [0, 0.05) is 21.1 Å². The Morgan fingerprint density at radius 2 is 1.66 bits per heavy atom. The third-order valence-corrected chi connectivity index (χ3v) is 4.63. The molecule has 0 radical (unpaired) electrons. The van der Waals surface area contributed by atoms with Gasteiger partial charge in [-0.15, -0.1) is 0 Å². The van der Waals surface area contributed by atoms with Crippen LogP contribution in [0.1, 0.15) is 16.2 Å². The van der Waals surface area contributed by atoms with Crippen molar-refractivity contribution in [1.29, 1.82) is 0 Å². The number of benzene rings is 1. The standard InChI is InChI=1S/C10H10N4O2S.C6H9N3O3/c11-10(12)17-4-8-13-6-2-1-5(9(15)16)3-7(6)14-8;1-7-4(10)8(2)6(12)9(3)5(7)11/h1-3H,4H2,(H3,11,12)(H,13,14)(H,15,16);1-3H3/p+1. The highest BCUT2D eigenvalue weighted by atomic mass is 32.2. The quantitative estimate of drug-likeness (QED) is 0.260. The van der Waals surface area contributed by atoms with E-state index >= 15 is 0 Å². The second-order valence-corrected chi connectivity index (χ2v) is 6.99. The van der Waals surface area contributed by atoms with Crippen LogP contribution in [0.25, 0.3) is 11.0 Å². The number of nitrogens with two attached hydrogens (primary N) is 2. The van der Waals surface area contributed by atoms with E-state index in [0.717, 1.165) is 19.2 Å². The molecule has 13 heteroatoms. The molecule has 12 nitrogen and oxygen atoms in total. The van der Waals surface area contributed by atoms with E-state index in [1.54, 1.807) is 12.1 Å². The highest BCUT2D eigenvalue weighted by Crippen LogP contribution is 2.16. The van der Waals surface area contributed by atoms with Gasteiger partial charge in [0.1, 0.15) is 5.82 Å². The van der Waals surface area contributed by atoms with Gasteiger partial charge in [0.15, 0.2) is 0 Å². The Balaban J connectivity index is 0.000000221. The third kappa shape index (κ3) is 4.82. The summed E-state index contributed by atoms with van der Waals surface area (Å²) < 4.78 is 2.63. The van der Waals surface area contributed by atoms with Crippen molar-refractivity contribution in [1.82, 2.24) is 23.7 Å². The number of nitrogens with one attached hydrogen (secondary N) is 1. The molecule has 6 N–H and O–H groups in total. The number of aromatic carboxylic acids is 1. The molecule has 3 aromatic rings. The van der Waals surface area contributed by atoms with Crippen molar-refractivity contribution < 1.29 is 15.3 Å². The fourth-order valence-corrected chi connectivity index (χ4v) is 2.78. The lowest BCUT2D eigenvalue weighted by Gasteiger charge is -2.02. The van der Waals surface area contributed by atoms with Gasteiger partial charge >= 0.3 is 23.0 Å². The molecule has 0 saturated carbocycles. The van der Waals surface area contributed by atoms with Gasteiger partial charge in [-0.1, -0.05) is 0 Å². The van der Waals surface area contributed by atoms with Crippen molar-refractivity contribution in [3.8, 4) is 0 Å². The van der Waals surface area contributed by atoms with E-state index in [1.165, 1.54) is 39.0 Å². The molecule has 0 spiro atoms. The molecule has 0 unspecified atom stereocenters. The number of nitrogens with zero attached hydrogens (tertiary/aromatic N) is 4. The van der Waals surface area contributed by atoms with E-state index in [9.17, 15) is 19.2 Å². The van der Waals surface area contributed by atoms with Crippen LogP contribution in [0.15, 0.2) is 32.6 Å². The Morgan fingerprint density at radius 1 is 1.14 bits per heavy atom. The van der Waals surface area contributed by atoms with Crippen LogP contribution in [-0.4, -0.2) is 39.9 Å². The molecule has 0 bridgehead atoms. The van der Waals surface area contributed by atoms with Crippen molar-refractivity contribution >= 4 is 33.9 Å². The van der Waals surface area contributed by atoms with Crippen LogP contribution in [-0.2, 0) is 26.9 Å². The molecule has 2 heterocycles. The van der Waals surface area contributed by atoms with Crippen LogP contribution in [0.3, 0.4) is 0 Å². The predicted molar refractivity (Wildman–Crippen MR) is 108 cm³/mol. The van der Waals surface area contributed by atoms with Crippen LogP contribution in [0.4, 0.5) is 0 Å². The largest absolute Gasteiger partial charge is 0.478 e. The summed E-state index contributed by atoms with van der Waals surface area (Å²) >= 11 is 1.27. The van der Waals surface area contributed by atoms with Crippen molar-refractivity contribution in [2.75, 3.05) is 0 Å². The van der Waals surface area contributed by atoms with Gasteiger partial charge in [-0.2, -0.15) is 0 Å². The number of amidine groups is 1. The Morgan fingerprint density at radius 3 is 2.10 bits per heavy atom. The molecule has 0 aliphatic carbocycles. The van der Waals surface area contributed by atoms with Crippen LogP contribution in [0, 0.1) is 0 Å².